The number of carbonyl (C=O) groups excluding carboxylic acids is 1. The lowest BCUT2D eigenvalue weighted by Gasteiger charge is -2.14. The SMILES string of the molecule is O=C(NC(CO)c1ccco1)c1ccc(Cn2ccnc2)cc1. The maximum Gasteiger partial charge on any atom is 0.251 e. The average Bonchev–Trinajstić information content (AvgIpc) is 3.26. The normalized spacial score (nSPS) is 12.0. The highest BCUT2D eigenvalue weighted by Gasteiger charge is 2.17. The van der Waals surface area contributed by atoms with Crippen LogP contribution in [0.4, 0.5) is 0 Å². The van der Waals surface area contributed by atoms with E-state index in [1.165, 1.54) is 6.26 Å². The third-order valence-corrected chi connectivity index (χ3v) is 3.51. The molecule has 1 atom stereocenters. The molecule has 23 heavy (non-hydrogen) atoms. The van der Waals surface area contributed by atoms with Crippen LogP contribution in [0.5, 0.6) is 0 Å². The fourth-order valence-electron chi connectivity index (χ4n) is 2.29. The Morgan fingerprint density at radius 3 is 2.74 bits per heavy atom. The maximum atomic E-state index is 12.3. The summed E-state index contributed by atoms with van der Waals surface area (Å²) in [5.41, 5.74) is 1.61. The lowest BCUT2D eigenvalue weighted by Crippen LogP contribution is -2.30. The van der Waals surface area contributed by atoms with Crippen LogP contribution in [-0.2, 0) is 6.54 Å². The van der Waals surface area contributed by atoms with Gasteiger partial charge in [0.1, 0.15) is 11.8 Å². The van der Waals surface area contributed by atoms with Gasteiger partial charge in [-0.1, -0.05) is 12.1 Å². The van der Waals surface area contributed by atoms with Crippen LogP contribution in [0.2, 0.25) is 0 Å². The van der Waals surface area contributed by atoms with E-state index >= 15 is 0 Å². The third kappa shape index (κ3) is 3.67. The second kappa shape index (κ2) is 6.93. The summed E-state index contributed by atoms with van der Waals surface area (Å²) in [6.07, 6.45) is 6.87. The Kier molecular flexibility index (Phi) is 4.54. The number of furan rings is 1. The Labute approximate surface area is 133 Å². The molecule has 0 aliphatic heterocycles. The number of nitrogens with zero attached hydrogens (tertiary/aromatic N) is 2. The Hall–Kier alpha value is -2.86. The van der Waals surface area contributed by atoms with Crippen LogP contribution in [0.3, 0.4) is 0 Å². The van der Waals surface area contributed by atoms with Crippen molar-refractivity contribution in [3.05, 3.63) is 78.3 Å². The summed E-state index contributed by atoms with van der Waals surface area (Å²) in [5.74, 6) is 0.271. The van der Waals surface area contributed by atoms with E-state index < -0.39 is 6.04 Å². The minimum Gasteiger partial charge on any atom is -0.467 e. The summed E-state index contributed by atoms with van der Waals surface area (Å²) < 4.78 is 7.17. The number of imidazole rings is 1. The van der Waals surface area contributed by atoms with Gasteiger partial charge in [0.2, 0.25) is 0 Å². The Morgan fingerprint density at radius 2 is 2.13 bits per heavy atom. The molecular formula is C17H17N3O3. The van der Waals surface area contributed by atoms with Gasteiger partial charge in [-0.05, 0) is 29.8 Å². The maximum absolute atomic E-state index is 12.3. The van der Waals surface area contributed by atoms with Crippen molar-refractivity contribution in [3.63, 3.8) is 0 Å². The number of aromatic nitrogens is 2. The van der Waals surface area contributed by atoms with Gasteiger partial charge >= 0.3 is 0 Å². The largest absolute Gasteiger partial charge is 0.467 e. The first kappa shape index (κ1) is 15.1. The fraction of sp³-hybridized carbons (Fsp3) is 0.176. The summed E-state index contributed by atoms with van der Waals surface area (Å²) in [6.45, 7) is 0.478. The number of hydrogen-bond acceptors (Lipinski definition) is 4. The predicted molar refractivity (Wildman–Crippen MR) is 83.8 cm³/mol. The predicted octanol–water partition coefficient (Wildman–Crippen LogP) is 1.99. The number of nitrogens with one attached hydrogen (secondary N) is 1. The molecule has 2 heterocycles. The zero-order valence-electron chi connectivity index (χ0n) is 12.4. The zero-order valence-corrected chi connectivity index (χ0v) is 12.4. The van der Waals surface area contributed by atoms with Gasteiger partial charge in [-0.15, -0.1) is 0 Å². The van der Waals surface area contributed by atoms with Crippen LogP contribution in [0.25, 0.3) is 0 Å². The lowest BCUT2D eigenvalue weighted by atomic mass is 10.1. The summed E-state index contributed by atoms with van der Waals surface area (Å²) >= 11 is 0. The molecule has 6 nitrogen and oxygen atoms in total. The molecule has 0 aliphatic rings. The monoisotopic (exact) mass is 311 g/mol. The topological polar surface area (TPSA) is 80.3 Å². The molecule has 0 aliphatic carbocycles. The number of carbonyl (C=O) groups is 1. The standard InChI is InChI=1S/C17H17N3O3/c21-11-15(16-2-1-9-23-16)19-17(22)14-5-3-13(4-6-14)10-20-8-7-18-12-20/h1-9,12,15,21H,10-11H2,(H,19,22). The first-order valence-electron chi connectivity index (χ1n) is 7.26. The van der Waals surface area contributed by atoms with E-state index in [4.69, 9.17) is 4.42 Å². The van der Waals surface area contributed by atoms with Gasteiger partial charge in [-0.25, -0.2) is 4.98 Å². The first-order valence-corrected chi connectivity index (χ1v) is 7.26. The Morgan fingerprint density at radius 1 is 1.30 bits per heavy atom. The average molecular weight is 311 g/mol. The molecule has 0 spiro atoms. The molecule has 3 aromatic rings. The van der Waals surface area contributed by atoms with E-state index in [1.807, 2.05) is 22.9 Å². The summed E-state index contributed by atoms with van der Waals surface area (Å²) in [4.78, 5) is 16.3. The van der Waals surface area contributed by atoms with Crippen molar-refractivity contribution in [2.45, 2.75) is 12.6 Å². The summed E-state index contributed by atoms with van der Waals surface area (Å²) in [7, 11) is 0. The second-order valence-electron chi connectivity index (χ2n) is 5.16. The van der Waals surface area contributed by atoms with Crippen molar-refractivity contribution in [2.24, 2.45) is 0 Å². The van der Waals surface area contributed by atoms with Gasteiger partial charge in [0.15, 0.2) is 0 Å². The highest BCUT2D eigenvalue weighted by molar-refractivity contribution is 5.94. The van der Waals surface area contributed by atoms with Gasteiger partial charge in [0, 0.05) is 24.5 Å². The molecule has 0 bridgehead atoms. The molecule has 2 N–H and O–H groups in total. The van der Waals surface area contributed by atoms with E-state index in [1.54, 1.807) is 36.8 Å². The Balaban J connectivity index is 1.65. The van der Waals surface area contributed by atoms with Crippen LogP contribution >= 0.6 is 0 Å². The van der Waals surface area contributed by atoms with Gasteiger partial charge in [-0.3, -0.25) is 4.79 Å². The molecule has 3 rings (SSSR count). The molecule has 118 valence electrons. The summed E-state index contributed by atoms with van der Waals surface area (Å²) in [5, 5.41) is 12.2. The fourth-order valence-corrected chi connectivity index (χ4v) is 2.29. The molecule has 1 unspecified atom stereocenters. The van der Waals surface area contributed by atoms with E-state index in [-0.39, 0.29) is 12.5 Å². The molecule has 0 saturated heterocycles. The van der Waals surface area contributed by atoms with Crippen molar-refractivity contribution >= 4 is 5.91 Å². The van der Waals surface area contributed by atoms with Crippen molar-refractivity contribution in [2.75, 3.05) is 6.61 Å². The number of amides is 1. The molecule has 0 fully saturated rings. The molecule has 6 heteroatoms. The minimum absolute atomic E-state index is 0.224. The van der Waals surface area contributed by atoms with Crippen LogP contribution in [-0.4, -0.2) is 27.2 Å². The smallest absolute Gasteiger partial charge is 0.251 e. The summed E-state index contributed by atoms with van der Waals surface area (Å²) in [6, 6.07) is 10.2. The lowest BCUT2D eigenvalue weighted by molar-refractivity contribution is 0.0907. The van der Waals surface area contributed by atoms with Crippen LogP contribution in [0.15, 0.2) is 65.8 Å². The van der Waals surface area contributed by atoms with E-state index in [9.17, 15) is 9.90 Å². The number of rotatable bonds is 6. The molecule has 0 radical (unpaired) electrons. The van der Waals surface area contributed by atoms with E-state index in [2.05, 4.69) is 10.3 Å². The van der Waals surface area contributed by atoms with Crippen molar-refractivity contribution in [1.82, 2.24) is 14.9 Å². The van der Waals surface area contributed by atoms with Crippen molar-refractivity contribution in [3.8, 4) is 0 Å². The van der Waals surface area contributed by atoms with Gasteiger partial charge in [0.05, 0.1) is 19.2 Å². The molecule has 2 aromatic heterocycles. The number of aliphatic hydroxyl groups excluding tert-OH is 1. The number of benzene rings is 1. The molecule has 0 saturated carbocycles. The van der Waals surface area contributed by atoms with Crippen LogP contribution in [0, 0.1) is 0 Å². The number of hydrogen-bond donors (Lipinski definition) is 2. The van der Waals surface area contributed by atoms with Gasteiger partial charge in [0.25, 0.3) is 5.91 Å². The molecule has 1 aromatic carbocycles. The third-order valence-electron chi connectivity index (χ3n) is 3.51. The van der Waals surface area contributed by atoms with Crippen LogP contribution < -0.4 is 5.32 Å². The zero-order chi connectivity index (χ0) is 16.1. The minimum atomic E-state index is -0.553. The second-order valence-corrected chi connectivity index (χ2v) is 5.16. The molecule has 1 amide bonds. The van der Waals surface area contributed by atoms with Crippen LogP contribution in [0.1, 0.15) is 27.7 Å². The van der Waals surface area contributed by atoms with Gasteiger partial charge in [-0.2, -0.15) is 0 Å². The first-order chi connectivity index (χ1) is 11.3. The number of aliphatic hydroxyl groups is 1. The Bertz CT molecular complexity index is 734. The molecular weight excluding hydrogens is 294 g/mol. The van der Waals surface area contributed by atoms with E-state index in [0.29, 0.717) is 17.9 Å². The highest BCUT2D eigenvalue weighted by atomic mass is 16.3. The van der Waals surface area contributed by atoms with E-state index in [0.717, 1.165) is 5.56 Å². The van der Waals surface area contributed by atoms with Gasteiger partial charge < -0.3 is 19.4 Å². The quantitative estimate of drug-likeness (QED) is 0.729. The highest BCUT2D eigenvalue weighted by Crippen LogP contribution is 2.14. The van der Waals surface area contributed by atoms with Crippen molar-refractivity contribution < 1.29 is 14.3 Å². The van der Waals surface area contributed by atoms with Crippen molar-refractivity contribution in [1.29, 1.82) is 0 Å².